The molecule has 0 unspecified atom stereocenters. The van der Waals surface area contributed by atoms with Crippen LogP contribution in [0, 0.1) is 0 Å². The molecule has 0 aliphatic carbocycles. The zero-order chi connectivity index (χ0) is 25.6. The molecular formula is C23H31F3N6O2S. The van der Waals surface area contributed by atoms with Crippen LogP contribution in [-0.4, -0.2) is 46.7 Å². The van der Waals surface area contributed by atoms with Crippen LogP contribution in [0.1, 0.15) is 73.2 Å². The normalized spacial score (nSPS) is 17.5. The molecule has 1 aromatic heterocycles. The standard InChI is InChI=1S/C23H31F3N6O2S/c1-4-34-11-5-10-27-22(35)30-29-21(33)18-13-20-28-17(12-19(23(24,25)26)32(20)31-18)16-8-6-15(7-9-16)14(2)3/h6-9,13-14,17,19,28H,4-5,10-12H2,1-3H3,(H,29,33)(H2,27,30,35)/t17-,19-/m1/s1. The minimum atomic E-state index is -4.53. The Morgan fingerprint density at radius 3 is 2.63 bits per heavy atom. The van der Waals surface area contributed by atoms with Gasteiger partial charge in [0.1, 0.15) is 5.82 Å². The average Bonchev–Trinajstić information content (AvgIpc) is 3.25. The van der Waals surface area contributed by atoms with E-state index < -0.39 is 24.2 Å². The van der Waals surface area contributed by atoms with Crippen molar-refractivity contribution in [1.29, 1.82) is 0 Å². The van der Waals surface area contributed by atoms with Crippen LogP contribution in [-0.2, 0) is 4.74 Å². The highest BCUT2D eigenvalue weighted by Gasteiger charge is 2.46. The van der Waals surface area contributed by atoms with Crippen molar-refractivity contribution in [2.24, 2.45) is 0 Å². The number of hydrogen-bond donors (Lipinski definition) is 4. The second-order valence-corrected chi connectivity index (χ2v) is 8.96. The Morgan fingerprint density at radius 2 is 2.00 bits per heavy atom. The third-order valence-corrected chi connectivity index (χ3v) is 5.92. The van der Waals surface area contributed by atoms with Gasteiger partial charge in [-0.15, -0.1) is 0 Å². The maximum absolute atomic E-state index is 13.9. The summed E-state index contributed by atoms with van der Waals surface area (Å²) < 4.78 is 47.8. The van der Waals surface area contributed by atoms with E-state index in [2.05, 4.69) is 40.4 Å². The number of benzene rings is 1. The number of nitrogens with zero attached hydrogens (tertiary/aromatic N) is 2. The molecule has 12 heteroatoms. The molecule has 0 spiro atoms. The quantitative estimate of drug-likeness (QED) is 0.239. The number of hydrazine groups is 1. The molecule has 192 valence electrons. The van der Waals surface area contributed by atoms with Crippen molar-refractivity contribution in [2.75, 3.05) is 25.1 Å². The molecule has 0 saturated heterocycles. The van der Waals surface area contributed by atoms with Gasteiger partial charge in [0.25, 0.3) is 5.91 Å². The predicted molar refractivity (Wildman–Crippen MR) is 131 cm³/mol. The third kappa shape index (κ3) is 7.07. The van der Waals surface area contributed by atoms with E-state index in [0.29, 0.717) is 25.7 Å². The van der Waals surface area contributed by atoms with E-state index in [1.165, 1.54) is 6.07 Å². The maximum Gasteiger partial charge on any atom is 0.410 e. The SMILES string of the molecule is CCOCCCNC(=S)NNC(=O)c1cc2n(n1)[C@@H](C(F)(F)F)C[C@H](c1ccc(C(C)C)cc1)N2. The Labute approximate surface area is 207 Å². The summed E-state index contributed by atoms with van der Waals surface area (Å²) in [6.45, 7) is 7.76. The predicted octanol–water partition coefficient (Wildman–Crippen LogP) is 4.20. The first-order chi connectivity index (χ1) is 16.6. The molecule has 2 atom stereocenters. The molecule has 1 aromatic carbocycles. The molecule has 2 aromatic rings. The van der Waals surface area contributed by atoms with Crippen LogP contribution in [0.4, 0.5) is 19.0 Å². The number of rotatable bonds is 8. The number of amides is 1. The average molecular weight is 513 g/mol. The zero-order valence-corrected chi connectivity index (χ0v) is 20.7. The Bertz CT molecular complexity index is 1010. The lowest BCUT2D eigenvalue weighted by Gasteiger charge is -2.33. The topological polar surface area (TPSA) is 92.2 Å². The van der Waals surface area contributed by atoms with Crippen molar-refractivity contribution in [3.8, 4) is 0 Å². The van der Waals surface area contributed by atoms with Crippen LogP contribution < -0.4 is 21.5 Å². The molecule has 1 amide bonds. The van der Waals surface area contributed by atoms with E-state index in [9.17, 15) is 18.0 Å². The van der Waals surface area contributed by atoms with Crippen molar-refractivity contribution in [2.45, 2.75) is 57.8 Å². The van der Waals surface area contributed by atoms with E-state index in [1.807, 2.05) is 31.2 Å². The van der Waals surface area contributed by atoms with Crippen molar-refractivity contribution in [1.82, 2.24) is 25.9 Å². The van der Waals surface area contributed by atoms with E-state index in [1.54, 1.807) is 0 Å². The van der Waals surface area contributed by atoms with Gasteiger partial charge in [0, 0.05) is 32.2 Å². The monoisotopic (exact) mass is 512 g/mol. The van der Waals surface area contributed by atoms with Crippen LogP contribution in [0.25, 0.3) is 0 Å². The van der Waals surface area contributed by atoms with Gasteiger partial charge in [-0.25, -0.2) is 4.68 Å². The molecular weight excluding hydrogens is 481 g/mol. The van der Waals surface area contributed by atoms with Crippen LogP contribution in [0.3, 0.4) is 0 Å². The lowest BCUT2D eigenvalue weighted by Crippen LogP contribution is -2.47. The summed E-state index contributed by atoms with van der Waals surface area (Å²) in [5.41, 5.74) is 6.58. The number of aromatic nitrogens is 2. The van der Waals surface area contributed by atoms with Crippen molar-refractivity contribution < 1.29 is 22.7 Å². The van der Waals surface area contributed by atoms with Crippen molar-refractivity contribution in [3.63, 3.8) is 0 Å². The minimum absolute atomic E-state index is 0.123. The molecule has 4 N–H and O–H groups in total. The number of ether oxygens (including phenoxy) is 1. The molecule has 3 rings (SSSR count). The highest BCUT2D eigenvalue weighted by molar-refractivity contribution is 7.80. The van der Waals surface area contributed by atoms with Gasteiger partial charge in [0.15, 0.2) is 16.8 Å². The largest absolute Gasteiger partial charge is 0.410 e. The number of thiocarbonyl (C=S) groups is 1. The molecule has 35 heavy (non-hydrogen) atoms. The lowest BCUT2D eigenvalue weighted by atomic mass is 9.94. The molecule has 8 nitrogen and oxygen atoms in total. The fraction of sp³-hybridized carbons (Fsp3) is 0.522. The van der Waals surface area contributed by atoms with Gasteiger partial charge in [-0.1, -0.05) is 38.1 Å². The minimum Gasteiger partial charge on any atom is -0.382 e. The summed E-state index contributed by atoms with van der Waals surface area (Å²) in [7, 11) is 0. The number of fused-ring (bicyclic) bond motifs is 1. The van der Waals surface area contributed by atoms with Gasteiger partial charge in [-0.3, -0.25) is 15.6 Å². The number of alkyl halides is 3. The number of halogens is 3. The summed E-state index contributed by atoms with van der Waals surface area (Å²) in [6.07, 6.45) is -4.05. The van der Waals surface area contributed by atoms with Crippen molar-refractivity contribution >= 4 is 29.1 Å². The van der Waals surface area contributed by atoms with E-state index in [0.717, 1.165) is 22.2 Å². The first-order valence-corrected chi connectivity index (χ1v) is 12.0. The van der Waals surface area contributed by atoms with Gasteiger partial charge >= 0.3 is 6.18 Å². The number of carbonyl (C=O) groups excluding carboxylic acids is 1. The molecule has 0 fully saturated rings. The molecule has 1 aliphatic rings. The fourth-order valence-electron chi connectivity index (χ4n) is 3.76. The van der Waals surface area contributed by atoms with Crippen LogP contribution in [0.5, 0.6) is 0 Å². The van der Waals surface area contributed by atoms with E-state index >= 15 is 0 Å². The van der Waals surface area contributed by atoms with Gasteiger partial charge in [0.2, 0.25) is 0 Å². The van der Waals surface area contributed by atoms with E-state index in [-0.39, 0.29) is 23.0 Å². The van der Waals surface area contributed by atoms with Crippen LogP contribution in [0.2, 0.25) is 0 Å². The number of anilines is 1. The first-order valence-electron chi connectivity index (χ1n) is 11.5. The third-order valence-electron chi connectivity index (χ3n) is 5.67. The van der Waals surface area contributed by atoms with Crippen molar-refractivity contribution in [3.05, 3.63) is 47.2 Å². The Balaban J connectivity index is 1.68. The van der Waals surface area contributed by atoms with Crippen LogP contribution >= 0.6 is 12.2 Å². The highest BCUT2D eigenvalue weighted by Crippen LogP contribution is 2.43. The maximum atomic E-state index is 13.9. The Hall–Kier alpha value is -2.86. The first kappa shape index (κ1) is 26.7. The Morgan fingerprint density at radius 1 is 1.29 bits per heavy atom. The van der Waals surface area contributed by atoms with E-state index in [4.69, 9.17) is 17.0 Å². The van der Waals surface area contributed by atoms with Gasteiger partial charge in [-0.2, -0.15) is 18.3 Å². The second kappa shape index (κ2) is 11.7. The summed E-state index contributed by atoms with van der Waals surface area (Å²) >= 11 is 5.08. The molecule has 0 radical (unpaired) electrons. The zero-order valence-electron chi connectivity index (χ0n) is 19.9. The smallest absolute Gasteiger partial charge is 0.382 e. The number of nitrogens with one attached hydrogen (secondary N) is 4. The fourth-order valence-corrected chi connectivity index (χ4v) is 3.91. The molecule has 1 aliphatic heterocycles. The second-order valence-electron chi connectivity index (χ2n) is 8.56. The number of hydrogen-bond acceptors (Lipinski definition) is 5. The molecule has 0 bridgehead atoms. The summed E-state index contributed by atoms with van der Waals surface area (Å²) in [5, 5.41) is 10.1. The Kier molecular flexibility index (Phi) is 8.95. The summed E-state index contributed by atoms with van der Waals surface area (Å²) in [4.78, 5) is 12.5. The van der Waals surface area contributed by atoms with Crippen LogP contribution in [0.15, 0.2) is 30.3 Å². The number of carbonyl (C=O) groups is 1. The van der Waals surface area contributed by atoms with Gasteiger partial charge in [0.05, 0.1) is 6.04 Å². The summed E-state index contributed by atoms with van der Waals surface area (Å²) in [6, 6.07) is 6.40. The highest BCUT2D eigenvalue weighted by atomic mass is 32.1. The van der Waals surface area contributed by atoms with Gasteiger partial charge < -0.3 is 15.4 Å². The lowest BCUT2D eigenvalue weighted by molar-refractivity contribution is -0.173. The molecule has 2 heterocycles. The summed E-state index contributed by atoms with van der Waals surface area (Å²) in [5.74, 6) is -0.259. The molecule has 0 saturated carbocycles. The van der Waals surface area contributed by atoms with Gasteiger partial charge in [-0.05, 0) is 42.6 Å².